The quantitative estimate of drug-likeness (QED) is 0.370. The molecule has 2 aliphatic heterocycles. The summed E-state index contributed by atoms with van der Waals surface area (Å²) in [5, 5.41) is 4.42. The Kier molecular flexibility index (Phi) is 9.31. The lowest BCUT2D eigenvalue weighted by Crippen LogP contribution is -2.55. The van der Waals surface area contributed by atoms with Gasteiger partial charge in [0.15, 0.2) is 5.96 Å². The molecule has 2 saturated heterocycles. The van der Waals surface area contributed by atoms with Crippen LogP contribution in [0.3, 0.4) is 0 Å². The Morgan fingerprint density at radius 1 is 1.26 bits per heavy atom. The maximum atomic E-state index is 6.13. The van der Waals surface area contributed by atoms with Gasteiger partial charge in [-0.15, -0.1) is 24.0 Å². The lowest BCUT2D eigenvalue weighted by Gasteiger charge is -2.40. The molecule has 1 N–H and O–H groups in total. The van der Waals surface area contributed by atoms with Gasteiger partial charge >= 0.3 is 0 Å². The van der Waals surface area contributed by atoms with Crippen molar-refractivity contribution in [3.63, 3.8) is 0 Å². The SMILES string of the molecule is CN=C(NCC1(SC)CCOCC1)N1CCN(c2cccc(Cl)c2)CC1.I. The number of thioether (sulfide) groups is 1. The van der Waals surface area contributed by atoms with E-state index in [-0.39, 0.29) is 28.7 Å². The molecule has 0 aliphatic carbocycles. The first-order chi connectivity index (χ1) is 12.7. The Bertz CT molecular complexity index is 619. The van der Waals surface area contributed by atoms with Gasteiger partial charge in [-0.2, -0.15) is 11.8 Å². The summed E-state index contributed by atoms with van der Waals surface area (Å²) in [5.41, 5.74) is 1.20. The van der Waals surface area contributed by atoms with E-state index in [1.54, 1.807) is 0 Å². The smallest absolute Gasteiger partial charge is 0.193 e. The van der Waals surface area contributed by atoms with E-state index in [2.05, 4.69) is 32.4 Å². The average molecular weight is 525 g/mol. The fourth-order valence-corrected chi connectivity index (χ4v) is 4.59. The van der Waals surface area contributed by atoms with E-state index in [0.29, 0.717) is 0 Å². The molecule has 27 heavy (non-hydrogen) atoms. The summed E-state index contributed by atoms with van der Waals surface area (Å²) in [6.07, 6.45) is 4.40. The minimum absolute atomic E-state index is 0. The van der Waals surface area contributed by atoms with Gasteiger partial charge in [0.1, 0.15) is 0 Å². The number of anilines is 1. The van der Waals surface area contributed by atoms with Gasteiger partial charge in [-0.1, -0.05) is 17.7 Å². The molecule has 152 valence electrons. The van der Waals surface area contributed by atoms with Crippen molar-refractivity contribution < 1.29 is 4.74 Å². The zero-order valence-corrected chi connectivity index (χ0v) is 20.0. The van der Waals surface area contributed by atoms with E-state index in [9.17, 15) is 0 Å². The Balaban J connectivity index is 0.00000261. The molecule has 2 aliphatic rings. The molecular weight excluding hydrogens is 495 g/mol. The number of rotatable bonds is 4. The van der Waals surface area contributed by atoms with Gasteiger partial charge in [0.25, 0.3) is 0 Å². The van der Waals surface area contributed by atoms with Crippen LogP contribution in [0.4, 0.5) is 5.69 Å². The second-order valence-electron chi connectivity index (χ2n) is 6.85. The van der Waals surface area contributed by atoms with Crippen molar-refractivity contribution in [1.29, 1.82) is 0 Å². The predicted molar refractivity (Wildman–Crippen MR) is 128 cm³/mol. The number of nitrogens with zero attached hydrogens (tertiary/aromatic N) is 3. The molecule has 1 aromatic carbocycles. The van der Waals surface area contributed by atoms with Gasteiger partial charge in [-0.25, -0.2) is 0 Å². The zero-order valence-electron chi connectivity index (χ0n) is 16.1. The van der Waals surface area contributed by atoms with E-state index < -0.39 is 0 Å². The number of hydrogen-bond acceptors (Lipinski definition) is 4. The van der Waals surface area contributed by atoms with E-state index in [0.717, 1.165) is 69.8 Å². The van der Waals surface area contributed by atoms with Crippen molar-refractivity contribution in [3.05, 3.63) is 29.3 Å². The number of piperazine rings is 1. The van der Waals surface area contributed by atoms with Crippen molar-refractivity contribution in [3.8, 4) is 0 Å². The van der Waals surface area contributed by atoms with Crippen LogP contribution in [-0.4, -0.2) is 74.8 Å². The first-order valence-corrected chi connectivity index (χ1v) is 10.8. The van der Waals surface area contributed by atoms with Crippen LogP contribution in [-0.2, 0) is 4.74 Å². The first-order valence-electron chi connectivity index (χ1n) is 9.25. The molecule has 0 saturated carbocycles. The maximum absolute atomic E-state index is 6.13. The summed E-state index contributed by atoms with van der Waals surface area (Å²) in [5.74, 6) is 1.01. The van der Waals surface area contributed by atoms with E-state index in [1.807, 2.05) is 37.0 Å². The molecule has 3 rings (SSSR count). The summed E-state index contributed by atoms with van der Waals surface area (Å²) >= 11 is 8.08. The third-order valence-corrected chi connectivity index (χ3v) is 7.02. The van der Waals surface area contributed by atoms with E-state index >= 15 is 0 Å². The molecule has 5 nitrogen and oxygen atoms in total. The highest BCUT2D eigenvalue weighted by molar-refractivity contribution is 14.0. The number of benzene rings is 1. The van der Waals surface area contributed by atoms with Crippen LogP contribution in [0.25, 0.3) is 0 Å². The first kappa shape index (κ1) is 22.9. The van der Waals surface area contributed by atoms with E-state index in [1.165, 1.54) is 5.69 Å². The topological polar surface area (TPSA) is 40.1 Å². The zero-order chi connectivity index (χ0) is 18.4. The Morgan fingerprint density at radius 2 is 1.96 bits per heavy atom. The van der Waals surface area contributed by atoms with Crippen molar-refractivity contribution in [2.75, 3.05) is 64.1 Å². The molecule has 0 bridgehead atoms. The molecule has 0 spiro atoms. The number of halogens is 2. The molecular formula is C19H30ClIN4OS. The fourth-order valence-electron chi connectivity index (χ4n) is 3.62. The lowest BCUT2D eigenvalue weighted by atomic mass is 9.99. The van der Waals surface area contributed by atoms with Gasteiger partial charge in [0, 0.05) is 68.4 Å². The molecule has 8 heteroatoms. The largest absolute Gasteiger partial charge is 0.381 e. The number of guanidine groups is 1. The molecule has 0 aromatic heterocycles. The normalized spacial score (nSPS) is 20.2. The van der Waals surface area contributed by atoms with Crippen LogP contribution in [0.1, 0.15) is 12.8 Å². The fraction of sp³-hybridized carbons (Fsp3) is 0.632. The van der Waals surface area contributed by atoms with Crippen LogP contribution in [0.15, 0.2) is 29.3 Å². The predicted octanol–water partition coefficient (Wildman–Crippen LogP) is 3.57. The maximum Gasteiger partial charge on any atom is 0.193 e. The second kappa shape index (κ2) is 11.0. The molecule has 0 unspecified atom stereocenters. The van der Waals surface area contributed by atoms with Gasteiger partial charge in [0.05, 0.1) is 0 Å². The Hall–Kier alpha value is -0.380. The highest BCUT2D eigenvalue weighted by Crippen LogP contribution is 2.33. The lowest BCUT2D eigenvalue weighted by molar-refractivity contribution is 0.0781. The van der Waals surface area contributed by atoms with Crippen molar-refractivity contribution in [2.24, 2.45) is 4.99 Å². The van der Waals surface area contributed by atoms with Gasteiger partial charge in [-0.05, 0) is 37.3 Å². The van der Waals surface area contributed by atoms with Crippen molar-refractivity contribution >= 4 is 59.0 Å². The Morgan fingerprint density at radius 3 is 2.56 bits per heavy atom. The minimum atomic E-state index is 0. The molecule has 0 atom stereocenters. The Labute approximate surface area is 189 Å². The number of nitrogens with one attached hydrogen (secondary N) is 1. The standard InChI is InChI=1S/C19H29ClN4OS.HI/c1-21-18(22-15-19(26-2)6-12-25-13-7-19)24-10-8-23(9-11-24)17-5-3-4-16(20)14-17;/h3-5,14H,6-13,15H2,1-2H3,(H,21,22);1H. The van der Waals surface area contributed by atoms with Crippen LogP contribution in [0.5, 0.6) is 0 Å². The minimum Gasteiger partial charge on any atom is -0.381 e. The van der Waals surface area contributed by atoms with Crippen molar-refractivity contribution in [2.45, 2.75) is 17.6 Å². The van der Waals surface area contributed by atoms with Crippen LogP contribution >= 0.6 is 47.3 Å². The summed E-state index contributed by atoms with van der Waals surface area (Å²) in [4.78, 5) is 9.27. The van der Waals surface area contributed by atoms with Crippen LogP contribution in [0, 0.1) is 0 Å². The summed E-state index contributed by atoms with van der Waals surface area (Å²) in [6, 6.07) is 8.10. The summed E-state index contributed by atoms with van der Waals surface area (Å²) in [6.45, 7) is 6.53. The highest BCUT2D eigenvalue weighted by atomic mass is 127. The molecule has 2 fully saturated rings. The van der Waals surface area contributed by atoms with Crippen LogP contribution < -0.4 is 10.2 Å². The monoisotopic (exact) mass is 524 g/mol. The third kappa shape index (κ3) is 6.05. The molecule has 0 amide bonds. The van der Waals surface area contributed by atoms with Gasteiger partial charge in [0.2, 0.25) is 0 Å². The molecule has 2 heterocycles. The average Bonchev–Trinajstić information content (AvgIpc) is 2.70. The summed E-state index contributed by atoms with van der Waals surface area (Å²) < 4.78 is 5.80. The number of aliphatic imine (C=N–C) groups is 1. The number of hydrogen-bond donors (Lipinski definition) is 1. The van der Waals surface area contributed by atoms with Crippen molar-refractivity contribution in [1.82, 2.24) is 10.2 Å². The molecule has 0 radical (unpaired) electrons. The highest BCUT2D eigenvalue weighted by Gasteiger charge is 2.32. The molecule has 1 aromatic rings. The van der Waals surface area contributed by atoms with Gasteiger partial charge < -0.3 is 19.9 Å². The second-order valence-corrected chi connectivity index (χ2v) is 8.56. The van der Waals surface area contributed by atoms with E-state index in [4.69, 9.17) is 16.3 Å². The summed E-state index contributed by atoms with van der Waals surface area (Å²) in [7, 11) is 1.88. The third-order valence-electron chi connectivity index (χ3n) is 5.37. The number of ether oxygens (including phenoxy) is 1. The van der Waals surface area contributed by atoms with Gasteiger partial charge in [-0.3, -0.25) is 4.99 Å². The van der Waals surface area contributed by atoms with Crippen LogP contribution in [0.2, 0.25) is 5.02 Å².